The molecule has 31 heavy (non-hydrogen) atoms. The Labute approximate surface area is 188 Å². The molecule has 1 amide bonds. The van der Waals surface area contributed by atoms with Crippen molar-refractivity contribution in [1.29, 1.82) is 0 Å². The number of allylic oxidation sites excluding steroid dienone is 2. The number of carbonyl (C=O) groups excluding carboxylic acids is 1. The summed E-state index contributed by atoms with van der Waals surface area (Å²) in [7, 11) is 0. The van der Waals surface area contributed by atoms with E-state index >= 15 is 0 Å². The molecule has 5 rings (SSSR count). The van der Waals surface area contributed by atoms with E-state index in [1.807, 2.05) is 42.5 Å². The molecule has 4 heteroatoms. The quantitative estimate of drug-likeness (QED) is 0.379. The van der Waals surface area contributed by atoms with Crippen molar-refractivity contribution in [1.82, 2.24) is 5.32 Å². The number of nitrogens with one attached hydrogen (secondary N) is 2. The van der Waals surface area contributed by atoms with Gasteiger partial charge in [-0.3, -0.25) is 4.79 Å². The van der Waals surface area contributed by atoms with Crippen molar-refractivity contribution in [2.45, 2.75) is 29.8 Å². The van der Waals surface area contributed by atoms with Crippen LogP contribution in [-0.4, -0.2) is 12.2 Å². The normalized spacial score (nSPS) is 21.1. The molecule has 0 spiro atoms. The van der Waals surface area contributed by atoms with Crippen LogP contribution in [0.5, 0.6) is 0 Å². The molecule has 3 unspecified atom stereocenters. The van der Waals surface area contributed by atoms with Gasteiger partial charge in [0.2, 0.25) is 0 Å². The number of fused-ring (bicyclic) bond motifs is 3. The molecule has 1 aliphatic heterocycles. The summed E-state index contributed by atoms with van der Waals surface area (Å²) in [5.74, 6) is 0.767. The minimum Gasteiger partial charge on any atom is -0.377 e. The second-order valence-electron chi connectivity index (χ2n) is 8.19. The van der Waals surface area contributed by atoms with Crippen molar-refractivity contribution in [3.05, 3.63) is 107 Å². The molecule has 0 saturated carbocycles. The highest BCUT2D eigenvalue weighted by Gasteiger charge is 2.39. The Hall–Kier alpha value is -2.98. The Kier molecular flexibility index (Phi) is 5.56. The lowest BCUT2D eigenvalue weighted by atomic mass is 9.76. The van der Waals surface area contributed by atoms with Crippen LogP contribution in [0.1, 0.15) is 45.4 Å². The number of amides is 1. The first kappa shape index (κ1) is 20.0. The summed E-state index contributed by atoms with van der Waals surface area (Å²) in [6, 6.07) is 25.1. The minimum atomic E-state index is -0.0369. The Morgan fingerprint density at radius 2 is 1.84 bits per heavy atom. The predicted octanol–water partition coefficient (Wildman–Crippen LogP) is 6.17. The molecule has 0 saturated heterocycles. The van der Waals surface area contributed by atoms with Crippen molar-refractivity contribution in [2.75, 3.05) is 11.6 Å². The van der Waals surface area contributed by atoms with E-state index in [0.29, 0.717) is 18.4 Å². The van der Waals surface area contributed by atoms with Crippen molar-refractivity contribution in [2.24, 2.45) is 5.92 Å². The lowest BCUT2D eigenvalue weighted by molar-refractivity contribution is 0.0951. The molecule has 0 bridgehead atoms. The highest BCUT2D eigenvalue weighted by atomic mass is 32.2. The molecule has 2 N–H and O–H groups in total. The standard InChI is InChI=1S/C27H26N2OS/c1-31-20-15-13-19(14-16-20)25-22-10-5-9-21(22)23-11-6-12-24(26(23)29-25)27(30)28-17-18-7-3-2-4-8-18/h2-9,11-16,21-22,25,29H,10,17H2,1H3,(H,28,30). The molecule has 0 aromatic heterocycles. The highest BCUT2D eigenvalue weighted by molar-refractivity contribution is 7.98. The molecule has 0 radical (unpaired) electrons. The maximum absolute atomic E-state index is 13.1. The number of thioether (sulfide) groups is 1. The first-order chi connectivity index (χ1) is 15.2. The van der Waals surface area contributed by atoms with Gasteiger partial charge in [0, 0.05) is 17.4 Å². The van der Waals surface area contributed by atoms with Gasteiger partial charge in [-0.25, -0.2) is 0 Å². The van der Waals surface area contributed by atoms with Gasteiger partial charge in [0.25, 0.3) is 5.91 Å². The summed E-state index contributed by atoms with van der Waals surface area (Å²) in [6.45, 7) is 0.523. The van der Waals surface area contributed by atoms with E-state index in [1.165, 1.54) is 16.0 Å². The van der Waals surface area contributed by atoms with Crippen molar-refractivity contribution in [3.63, 3.8) is 0 Å². The molecule has 156 valence electrons. The van der Waals surface area contributed by atoms with E-state index in [9.17, 15) is 4.79 Å². The molecular weight excluding hydrogens is 400 g/mol. The summed E-state index contributed by atoms with van der Waals surface area (Å²) in [4.78, 5) is 14.4. The number of carbonyl (C=O) groups is 1. The van der Waals surface area contributed by atoms with E-state index in [2.05, 4.69) is 59.4 Å². The number of para-hydroxylation sites is 1. The average molecular weight is 427 g/mol. The van der Waals surface area contributed by atoms with Crippen LogP contribution >= 0.6 is 11.8 Å². The molecule has 0 fully saturated rings. The number of hydrogen-bond acceptors (Lipinski definition) is 3. The fourth-order valence-electron chi connectivity index (χ4n) is 4.83. The Bertz CT molecular complexity index is 1110. The Balaban J connectivity index is 1.45. The van der Waals surface area contributed by atoms with Crippen molar-refractivity contribution in [3.8, 4) is 0 Å². The van der Waals surface area contributed by atoms with E-state index < -0.39 is 0 Å². The zero-order valence-electron chi connectivity index (χ0n) is 17.5. The maximum atomic E-state index is 13.1. The molecular formula is C27H26N2OS. The first-order valence-electron chi connectivity index (χ1n) is 10.8. The van der Waals surface area contributed by atoms with Gasteiger partial charge in [-0.15, -0.1) is 11.8 Å². The number of hydrogen-bond donors (Lipinski definition) is 2. The zero-order valence-corrected chi connectivity index (χ0v) is 18.4. The first-order valence-corrected chi connectivity index (χ1v) is 12.0. The third kappa shape index (κ3) is 3.88. The van der Waals surface area contributed by atoms with Crippen molar-refractivity contribution < 1.29 is 4.79 Å². The summed E-state index contributed by atoms with van der Waals surface area (Å²) in [6.07, 6.45) is 7.76. The summed E-state index contributed by atoms with van der Waals surface area (Å²) in [5, 5.41) is 6.86. The topological polar surface area (TPSA) is 41.1 Å². The van der Waals surface area contributed by atoms with Gasteiger partial charge in [0.1, 0.15) is 0 Å². The van der Waals surface area contributed by atoms with Gasteiger partial charge in [-0.2, -0.15) is 0 Å². The van der Waals surface area contributed by atoms with Gasteiger partial charge < -0.3 is 10.6 Å². The largest absolute Gasteiger partial charge is 0.377 e. The fraction of sp³-hybridized carbons (Fsp3) is 0.222. The lowest BCUT2D eigenvalue weighted by Gasteiger charge is -2.38. The van der Waals surface area contributed by atoms with Crippen LogP contribution in [0.2, 0.25) is 0 Å². The zero-order chi connectivity index (χ0) is 21.2. The fourth-order valence-corrected chi connectivity index (χ4v) is 5.23. The predicted molar refractivity (Wildman–Crippen MR) is 129 cm³/mol. The SMILES string of the molecule is CSc1ccc(C2Nc3c(C(=O)NCc4ccccc4)cccc3C3C=CCC32)cc1. The third-order valence-corrected chi connectivity index (χ3v) is 7.16. The molecule has 2 aliphatic rings. The number of benzene rings is 3. The van der Waals surface area contributed by atoms with Gasteiger partial charge in [-0.1, -0.05) is 66.7 Å². The second-order valence-corrected chi connectivity index (χ2v) is 9.07. The van der Waals surface area contributed by atoms with Gasteiger partial charge in [-0.05, 0) is 53.5 Å². The average Bonchev–Trinajstić information content (AvgIpc) is 3.33. The van der Waals surface area contributed by atoms with Crippen LogP contribution < -0.4 is 10.6 Å². The van der Waals surface area contributed by atoms with Crippen LogP contribution in [0.4, 0.5) is 5.69 Å². The van der Waals surface area contributed by atoms with Gasteiger partial charge in [0.15, 0.2) is 0 Å². The van der Waals surface area contributed by atoms with Crippen LogP contribution in [0.25, 0.3) is 0 Å². The summed E-state index contributed by atoms with van der Waals surface area (Å²) < 4.78 is 0. The van der Waals surface area contributed by atoms with E-state index in [0.717, 1.165) is 23.2 Å². The molecule has 3 nitrogen and oxygen atoms in total. The monoisotopic (exact) mass is 426 g/mol. The third-order valence-electron chi connectivity index (χ3n) is 6.41. The van der Waals surface area contributed by atoms with Gasteiger partial charge >= 0.3 is 0 Å². The van der Waals surface area contributed by atoms with E-state index in [1.54, 1.807) is 11.8 Å². The van der Waals surface area contributed by atoms with Crippen LogP contribution in [0.15, 0.2) is 89.8 Å². The van der Waals surface area contributed by atoms with E-state index in [-0.39, 0.29) is 11.9 Å². The molecule has 1 aliphatic carbocycles. The molecule has 3 atom stereocenters. The highest BCUT2D eigenvalue weighted by Crippen LogP contribution is 2.50. The molecule has 3 aromatic rings. The van der Waals surface area contributed by atoms with Crippen LogP contribution in [0, 0.1) is 5.92 Å². The second kappa shape index (κ2) is 8.64. The maximum Gasteiger partial charge on any atom is 0.253 e. The Morgan fingerprint density at radius 3 is 2.61 bits per heavy atom. The van der Waals surface area contributed by atoms with Crippen LogP contribution in [-0.2, 0) is 6.54 Å². The Morgan fingerprint density at radius 1 is 1.03 bits per heavy atom. The van der Waals surface area contributed by atoms with Crippen molar-refractivity contribution >= 4 is 23.4 Å². The van der Waals surface area contributed by atoms with Gasteiger partial charge in [0.05, 0.1) is 17.3 Å². The number of anilines is 1. The lowest BCUT2D eigenvalue weighted by Crippen LogP contribution is -2.32. The molecule has 1 heterocycles. The number of rotatable bonds is 5. The van der Waals surface area contributed by atoms with Crippen LogP contribution in [0.3, 0.4) is 0 Å². The minimum absolute atomic E-state index is 0.0369. The summed E-state index contributed by atoms with van der Waals surface area (Å²) >= 11 is 1.76. The molecule has 3 aromatic carbocycles. The summed E-state index contributed by atoms with van der Waals surface area (Å²) in [5.41, 5.74) is 5.29. The van der Waals surface area contributed by atoms with E-state index in [4.69, 9.17) is 0 Å². The smallest absolute Gasteiger partial charge is 0.253 e.